The van der Waals surface area contributed by atoms with Crippen LogP contribution in [-0.2, 0) is 0 Å². The summed E-state index contributed by atoms with van der Waals surface area (Å²) in [5.41, 5.74) is 3.67. The number of anilines is 2. The van der Waals surface area contributed by atoms with E-state index in [2.05, 4.69) is 16.7 Å². The summed E-state index contributed by atoms with van der Waals surface area (Å²) >= 11 is 12.7. The van der Waals surface area contributed by atoms with Gasteiger partial charge in [0.05, 0.1) is 21.9 Å². The molecule has 1 saturated heterocycles. The third-order valence-electron chi connectivity index (χ3n) is 6.29. The van der Waals surface area contributed by atoms with Gasteiger partial charge in [-0.3, -0.25) is 9.80 Å². The molecule has 0 saturated carbocycles. The molecule has 1 fully saturated rings. The highest BCUT2D eigenvalue weighted by Crippen LogP contribution is 2.34. The fourth-order valence-electron chi connectivity index (χ4n) is 4.61. The topological polar surface area (TPSA) is 47.0 Å². The molecule has 0 aliphatic carbocycles. The number of benzene rings is 3. The predicted molar refractivity (Wildman–Crippen MR) is 141 cm³/mol. The van der Waals surface area contributed by atoms with E-state index in [0.29, 0.717) is 15.7 Å². The molecule has 1 aliphatic heterocycles. The van der Waals surface area contributed by atoms with Crippen LogP contribution in [0.1, 0.15) is 19.8 Å². The SMILES string of the molecule is CCCC(N1CCN(c2cccc(Cl)c2Cl)CC1)N(C(=O)O)c1cccc(-c2ccccc2)c1. The number of hydrogen-bond acceptors (Lipinski definition) is 3. The second kappa shape index (κ2) is 11.1. The van der Waals surface area contributed by atoms with Gasteiger partial charge in [0.15, 0.2) is 0 Å². The molecule has 34 heavy (non-hydrogen) atoms. The molecule has 1 atom stereocenters. The number of carboxylic acid groups (broad SMARTS) is 1. The molecule has 1 heterocycles. The Morgan fingerprint density at radius 1 is 0.941 bits per heavy atom. The van der Waals surface area contributed by atoms with Crippen molar-refractivity contribution in [2.45, 2.75) is 25.9 Å². The molecule has 0 aromatic heterocycles. The van der Waals surface area contributed by atoms with E-state index in [1.165, 1.54) is 4.90 Å². The van der Waals surface area contributed by atoms with Crippen molar-refractivity contribution in [2.24, 2.45) is 0 Å². The molecule has 3 aromatic carbocycles. The third kappa shape index (κ3) is 5.33. The second-order valence-corrected chi connectivity index (χ2v) is 9.22. The van der Waals surface area contributed by atoms with Crippen molar-refractivity contribution < 1.29 is 9.90 Å². The molecule has 1 aliphatic rings. The average Bonchev–Trinajstić information content (AvgIpc) is 2.86. The van der Waals surface area contributed by atoms with Crippen molar-refractivity contribution in [1.29, 1.82) is 0 Å². The smallest absolute Gasteiger partial charge is 0.413 e. The zero-order valence-corrected chi connectivity index (χ0v) is 20.7. The predicted octanol–water partition coefficient (Wildman–Crippen LogP) is 7.09. The number of carbonyl (C=O) groups is 1. The van der Waals surface area contributed by atoms with Gasteiger partial charge in [0.1, 0.15) is 0 Å². The van der Waals surface area contributed by atoms with E-state index >= 15 is 0 Å². The molecule has 0 radical (unpaired) electrons. The van der Waals surface area contributed by atoms with Crippen LogP contribution in [0.4, 0.5) is 16.2 Å². The van der Waals surface area contributed by atoms with Gasteiger partial charge in [0.25, 0.3) is 0 Å². The molecule has 1 amide bonds. The molecule has 1 unspecified atom stereocenters. The van der Waals surface area contributed by atoms with Crippen molar-refractivity contribution in [3.63, 3.8) is 0 Å². The Bertz CT molecular complexity index is 1120. The molecule has 7 heteroatoms. The summed E-state index contributed by atoms with van der Waals surface area (Å²) in [4.78, 5) is 18.5. The zero-order valence-electron chi connectivity index (χ0n) is 19.2. The Balaban J connectivity index is 1.57. The van der Waals surface area contributed by atoms with Crippen LogP contribution in [0, 0.1) is 0 Å². The number of rotatable bonds is 7. The highest BCUT2D eigenvalue weighted by Gasteiger charge is 2.32. The molecule has 5 nitrogen and oxygen atoms in total. The van der Waals surface area contributed by atoms with E-state index < -0.39 is 6.09 Å². The van der Waals surface area contributed by atoms with E-state index in [1.54, 1.807) is 6.07 Å². The number of nitrogens with zero attached hydrogens (tertiary/aromatic N) is 3. The Hall–Kier alpha value is -2.73. The van der Waals surface area contributed by atoms with Crippen molar-refractivity contribution in [2.75, 3.05) is 36.0 Å². The number of piperazine rings is 1. The number of amides is 1. The van der Waals surface area contributed by atoms with Crippen molar-refractivity contribution in [3.05, 3.63) is 82.8 Å². The lowest BCUT2D eigenvalue weighted by Crippen LogP contribution is -2.57. The van der Waals surface area contributed by atoms with Gasteiger partial charge in [0, 0.05) is 31.9 Å². The number of halogens is 2. The summed E-state index contributed by atoms with van der Waals surface area (Å²) in [6.07, 6.45) is 0.446. The highest BCUT2D eigenvalue weighted by atomic mass is 35.5. The lowest BCUT2D eigenvalue weighted by atomic mass is 10.0. The Morgan fingerprint density at radius 3 is 2.29 bits per heavy atom. The Labute approximate surface area is 211 Å². The molecule has 0 spiro atoms. The summed E-state index contributed by atoms with van der Waals surface area (Å²) in [5, 5.41) is 11.4. The van der Waals surface area contributed by atoms with Crippen LogP contribution in [0.3, 0.4) is 0 Å². The summed E-state index contributed by atoms with van der Waals surface area (Å²) in [6.45, 7) is 5.05. The van der Waals surface area contributed by atoms with Crippen LogP contribution in [0.25, 0.3) is 11.1 Å². The minimum atomic E-state index is -0.941. The van der Waals surface area contributed by atoms with Crippen molar-refractivity contribution in [1.82, 2.24) is 4.90 Å². The van der Waals surface area contributed by atoms with E-state index in [4.69, 9.17) is 23.2 Å². The monoisotopic (exact) mass is 497 g/mol. The Morgan fingerprint density at radius 2 is 1.62 bits per heavy atom. The molecular formula is C27H29Cl2N3O2. The fourth-order valence-corrected chi connectivity index (χ4v) is 5.02. The lowest BCUT2D eigenvalue weighted by molar-refractivity contribution is 0.151. The van der Waals surface area contributed by atoms with Crippen molar-refractivity contribution >= 4 is 40.7 Å². The first-order valence-corrected chi connectivity index (χ1v) is 12.4. The summed E-state index contributed by atoms with van der Waals surface area (Å²) < 4.78 is 0. The van der Waals surface area contributed by atoms with Gasteiger partial charge in [0.2, 0.25) is 0 Å². The minimum absolute atomic E-state index is 0.245. The van der Waals surface area contributed by atoms with Crippen LogP contribution >= 0.6 is 23.2 Å². The maximum absolute atomic E-state index is 12.5. The van der Waals surface area contributed by atoms with Gasteiger partial charge in [-0.15, -0.1) is 0 Å². The van der Waals surface area contributed by atoms with Crippen LogP contribution in [0.2, 0.25) is 10.0 Å². The first-order chi connectivity index (χ1) is 16.5. The third-order valence-corrected chi connectivity index (χ3v) is 7.10. The van der Waals surface area contributed by atoms with E-state index in [-0.39, 0.29) is 6.17 Å². The van der Waals surface area contributed by atoms with Crippen LogP contribution in [0.15, 0.2) is 72.8 Å². The molecule has 1 N–H and O–H groups in total. The van der Waals surface area contributed by atoms with Crippen LogP contribution < -0.4 is 9.80 Å². The van der Waals surface area contributed by atoms with Gasteiger partial charge in [-0.2, -0.15) is 0 Å². The zero-order chi connectivity index (χ0) is 24.1. The van der Waals surface area contributed by atoms with E-state index in [1.807, 2.05) is 66.7 Å². The first-order valence-electron chi connectivity index (χ1n) is 11.6. The quantitative estimate of drug-likeness (QED) is 0.378. The van der Waals surface area contributed by atoms with E-state index in [0.717, 1.165) is 55.8 Å². The summed E-state index contributed by atoms with van der Waals surface area (Å²) in [5.74, 6) is 0. The average molecular weight is 498 g/mol. The normalized spacial score (nSPS) is 15.2. The van der Waals surface area contributed by atoms with Gasteiger partial charge in [-0.25, -0.2) is 4.79 Å². The first kappa shape index (κ1) is 24.4. The maximum atomic E-state index is 12.5. The van der Waals surface area contributed by atoms with Crippen LogP contribution in [-0.4, -0.2) is 48.4 Å². The van der Waals surface area contributed by atoms with E-state index in [9.17, 15) is 9.90 Å². The Kier molecular flexibility index (Phi) is 7.99. The minimum Gasteiger partial charge on any atom is -0.465 e. The van der Waals surface area contributed by atoms with Gasteiger partial charge in [-0.05, 0) is 41.8 Å². The van der Waals surface area contributed by atoms with Gasteiger partial charge in [-0.1, -0.05) is 85.1 Å². The molecule has 3 aromatic rings. The fraction of sp³-hybridized carbons (Fsp3) is 0.296. The van der Waals surface area contributed by atoms with Gasteiger partial charge >= 0.3 is 6.09 Å². The summed E-state index contributed by atoms with van der Waals surface area (Å²) in [7, 11) is 0. The standard InChI is InChI=1S/C27H29Cl2N3O2/c1-2-8-25(31-17-15-30(16-18-31)24-14-7-13-23(28)26(24)29)32(27(33)34)22-12-6-11-21(19-22)20-9-4-3-5-10-20/h3-7,9-14,19,25H,2,8,15-18H2,1H3,(H,33,34). The van der Waals surface area contributed by atoms with Crippen LogP contribution in [0.5, 0.6) is 0 Å². The number of hydrogen-bond donors (Lipinski definition) is 1. The van der Waals surface area contributed by atoms with Crippen molar-refractivity contribution in [3.8, 4) is 11.1 Å². The molecular weight excluding hydrogens is 469 g/mol. The maximum Gasteiger partial charge on any atom is 0.413 e. The van der Waals surface area contributed by atoms with Gasteiger partial charge < -0.3 is 10.0 Å². The summed E-state index contributed by atoms with van der Waals surface area (Å²) in [6, 6.07) is 23.5. The molecule has 0 bridgehead atoms. The highest BCUT2D eigenvalue weighted by molar-refractivity contribution is 6.43. The second-order valence-electron chi connectivity index (χ2n) is 8.43. The largest absolute Gasteiger partial charge is 0.465 e. The lowest BCUT2D eigenvalue weighted by Gasteiger charge is -2.43. The molecule has 4 rings (SSSR count). The molecule has 178 valence electrons.